The Morgan fingerprint density at radius 3 is 2.27 bits per heavy atom. The molecule has 0 rings (SSSR count). The molecule has 0 amide bonds. The Morgan fingerprint density at radius 1 is 1.27 bits per heavy atom. The van der Waals surface area contributed by atoms with Gasteiger partial charge in [-0.1, -0.05) is 52.2 Å². The Balaban J connectivity index is 3.80. The van der Waals surface area contributed by atoms with Gasteiger partial charge in [-0.05, 0) is 18.8 Å². The largest absolute Gasteiger partial charge is 0.0914 e. The lowest BCUT2D eigenvalue weighted by Gasteiger charge is -2.18. The van der Waals surface area contributed by atoms with E-state index < -0.39 is 0 Å². The molecule has 66 valence electrons. The minimum absolute atomic E-state index is 0.768. The van der Waals surface area contributed by atoms with Crippen molar-refractivity contribution in [2.45, 2.75) is 47.0 Å². The first kappa shape index (κ1) is 10.7. The zero-order chi connectivity index (χ0) is 8.69. The number of hydrogen-bond donors (Lipinski definition) is 0. The van der Waals surface area contributed by atoms with Gasteiger partial charge in [0.2, 0.25) is 0 Å². The van der Waals surface area contributed by atoms with E-state index in [0.29, 0.717) is 0 Å². The van der Waals surface area contributed by atoms with E-state index in [-0.39, 0.29) is 0 Å². The molecule has 2 atom stereocenters. The molecule has 0 nitrogen and oxygen atoms in total. The van der Waals surface area contributed by atoms with E-state index in [0.717, 1.165) is 11.8 Å². The fraction of sp³-hybridized carbons (Fsp3) is 0.818. The average molecular weight is 154 g/mol. The van der Waals surface area contributed by atoms with Crippen LogP contribution in [0.2, 0.25) is 0 Å². The third-order valence-corrected chi connectivity index (χ3v) is 2.42. The summed E-state index contributed by atoms with van der Waals surface area (Å²) in [5.74, 6) is 1.67. The summed E-state index contributed by atoms with van der Waals surface area (Å²) in [5.41, 5.74) is 0. The van der Waals surface area contributed by atoms with Crippen LogP contribution in [0.25, 0.3) is 0 Å². The quantitative estimate of drug-likeness (QED) is 0.524. The second kappa shape index (κ2) is 6.45. The molecule has 0 saturated heterocycles. The van der Waals surface area contributed by atoms with Gasteiger partial charge in [0.15, 0.2) is 0 Å². The van der Waals surface area contributed by atoms with Crippen LogP contribution < -0.4 is 0 Å². The van der Waals surface area contributed by atoms with E-state index in [2.05, 4.69) is 39.8 Å². The molecule has 2 unspecified atom stereocenters. The van der Waals surface area contributed by atoms with E-state index in [1.165, 1.54) is 19.3 Å². The van der Waals surface area contributed by atoms with Gasteiger partial charge in [-0.2, -0.15) is 0 Å². The van der Waals surface area contributed by atoms with Gasteiger partial charge in [0, 0.05) is 0 Å². The first-order valence-corrected chi connectivity index (χ1v) is 4.89. The molecule has 0 aliphatic rings. The topological polar surface area (TPSA) is 0 Å². The maximum Gasteiger partial charge on any atom is -0.0234 e. The van der Waals surface area contributed by atoms with Crippen LogP contribution in [0.5, 0.6) is 0 Å². The Morgan fingerprint density at radius 2 is 1.91 bits per heavy atom. The highest BCUT2D eigenvalue weighted by molar-refractivity contribution is 4.86. The summed E-state index contributed by atoms with van der Waals surface area (Å²) in [6.07, 6.45) is 8.51. The van der Waals surface area contributed by atoms with Crippen molar-refractivity contribution in [3.63, 3.8) is 0 Å². The van der Waals surface area contributed by atoms with Crippen molar-refractivity contribution >= 4 is 0 Å². The molecular weight excluding hydrogens is 132 g/mol. The van der Waals surface area contributed by atoms with Crippen molar-refractivity contribution in [2.24, 2.45) is 11.8 Å². The van der Waals surface area contributed by atoms with Crippen molar-refractivity contribution < 1.29 is 0 Å². The summed E-state index contributed by atoms with van der Waals surface area (Å²) in [4.78, 5) is 0. The lowest BCUT2D eigenvalue weighted by molar-refractivity contribution is 0.376. The summed E-state index contributed by atoms with van der Waals surface area (Å²) < 4.78 is 0. The van der Waals surface area contributed by atoms with Crippen LogP contribution in [0.15, 0.2) is 12.2 Å². The fourth-order valence-corrected chi connectivity index (χ4v) is 1.67. The van der Waals surface area contributed by atoms with Crippen LogP contribution in [0, 0.1) is 11.8 Å². The Kier molecular flexibility index (Phi) is 6.30. The zero-order valence-corrected chi connectivity index (χ0v) is 8.43. The second-order valence-corrected chi connectivity index (χ2v) is 3.34. The van der Waals surface area contributed by atoms with Gasteiger partial charge >= 0.3 is 0 Å². The monoisotopic (exact) mass is 154 g/mol. The van der Waals surface area contributed by atoms with E-state index in [1.807, 2.05) is 0 Å². The minimum atomic E-state index is 0.768. The standard InChI is InChI=1S/C11H22/c1-5-8-10(4)11(7-3)9-6-2/h5,8,10-11H,6-7,9H2,1-4H3. The highest BCUT2D eigenvalue weighted by Gasteiger charge is 2.10. The van der Waals surface area contributed by atoms with Crippen LogP contribution in [0.4, 0.5) is 0 Å². The summed E-state index contributed by atoms with van der Waals surface area (Å²) in [7, 11) is 0. The lowest BCUT2D eigenvalue weighted by atomic mass is 9.87. The van der Waals surface area contributed by atoms with Gasteiger partial charge in [-0.3, -0.25) is 0 Å². The van der Waals surface area contributed by atoms with Crippen LogP contribution in [-0.4, -0.2) is 0 Å². The average Bonchev–Trinajstić information content (AvgIpc) is 2.00. The minimum Gasteiger partial charge on any atom is -0.0914 e. The molecule has 0 radical (unpaired) electrons. The van der Waals surface area contributed by atoms with Crippen LogP contribution >= 0.6 is 0 Å². The normalized spacial score (nSPS) is 17.1. The Bertz CT molecular complexity index is 103. The summed E-state index contributed by atoms with van der Waals surface area (Å²) in [6.45, 7) is 8.99. The number of rotatable bonds is 5. The van der Waals surface area contributed by atoms with E-state index in [1.54, 1.807) is 0 Å². The first-order chi connectivity index (χ1) is 5.26. The van der Waals surface area contributed by atoms with Gasteiger partial charge in [0.25, 0.3) is 0 Å². The van der Waals surface area contributed by atoms with Crippen molar-refractivity contribution in [3.05, 3.63) is 12.2 Å². The SMILES string of the molecule is CC=CC(C)C(CC)CCC. The van der Waals surface area contributed by atoms with Crippen molar-refractivity contribution in [1.29, 1.82) is 0 Å². The van der Waals surface area contributed by atoms with Gasteiger partial charge in [-0.15, -0.1) is 0 Å². The van der Waals surface area contributed by atoms with Gasteiger partial charge < -0.3 is 0 Å². The van der Waals surface area contributed by atoms with E-state index in [4.69, 9.17) is 0 Å². The highest BCUT2D eigenvalue weighted by atomic mass is 14.2. The van der Waals surface area contributed by atoms with Crippen LogP contribution in [0.3, 0.4) is 0 Å². The molecule has 0 spiro atoms. The molecule has 0 aromatic carbocycles. The highest BCUT2D eigenvalue weighted by Crippen LogP contribution is 2.21. The van der Waals surface area contributed by atoms with E-state index >= 15 is 0 Å². The molecule has 0 heterocycles. The molecule has 0 N–H and O–H groups in total. The maximum atomic E-state index is 2.32. The third-order valence-electron chi connectivity index (χ3n) is 2.42. The predicted octanol–water partition coefficient (Wildman–Crippen LogP) is 4.02. The second-order valence-electron chi connectivity index (χ2n) is 3.34. The maximum absolute atomic E-state index is 2.32. The molecule has 0 fully saturated rings. The molecule has 0 saturated carbocycles. The molecule has 0 heteroatoms. The third kappa shape index (κ3) is 4.23. The number of hydrogen-bond acceptors (Lipinski definition) is 0. The first-order valence-electron chi connectivity index (χ1n) is 4.89. The zero-order valence-electron chi connectivity index (χ0n) is 8.43. The molecule has 0 bridgehead atoms. The Hall–Kier alpha value is -0.260. The molecule has 0 aliphatic heterocycles. The molecule has 0 aromatic rings. The van der Waals surface area contributed by atoms with Crippen LogP contribution in [0.1, 0.15) is 47.0 Å². The summed E-state index contributed by atoms with van der Waals surface area (Å²) in [5, 5.41) is 0. The molecule has 11 heavy (non-hydrogen) atoms. The smallest absolute Gasteiger partial charge is 0.0234 e. The Labute approximate surface area is 71.7 Å². The van der Waals surface area contributed by atoms with Crippen LogP contribution in [-0.2, 0) is 0 Å². The van der Waals surface area contributed by atoms with Crippen molar-refractivity contribution in [3.8, 4) is 0 Å². The van der Waals surface area contributed by atoms with Crippen molar-refractivity contribution in [2.75, 3.05) is 0 Å². The van der Waals surface area contributed by atoms with Gasteiger partial charge in [-0.25, -0.2) is 0 Å². The summed E-state index contributed by atoms with van der Waals surface area (Å²) >= 11 is 0. The molecule has 0 aromatic heterocycles. The number of allylic oxidation sites excluding steroid dienone is 2. The van der Waals surface area contributed by atoms with Crippen molar-refractivity contribution in [1.82, 2.24) is 0 Å². The van der Waals surface area contributed by atoms with Gasteiger partial charge in [0.1, 0.15) is 0 Å². The lowest BCUT2D eigenvalue weighted by Crippen LogP contribution is -2.07. The molecule has 0 aliphatic carbocycles. The predicted molar refractivity (Wildman–Crippen MR) is 52.7 cm³/mol. The molecular formula is C11H22. The fourth-order valence-electron chi connectivity index (χ4n) is 1.67. The van der Waals surface area contributed by atoms with Gasteiger partial charge in [0.05, 0.1) is 0 Å². The summed E-state index contributed by atoms with van der Waals surface area (Å²) in [6, 6.07) is 0. The van der Waals surface area contributed by atoms with E-state index in [9.17, 15) is 0 Å².